The van der Waals surface area contributed by atoms with Crippen LogP contribution in [0.3, 0.4) is 0 Å². The average molecular weight is 546 g/mol. The minimum absolute atomic E-state index is 0.0103. The van der Waals surface area contributed by atoms with Gasteiger partial charge in [-0.3, -0.25) is 19.2 Å². The molecule has 38 heavy (non-hydrogen) atoms. The number of unbranched alkanes of at least 4 members (excludes halogenated alkanes) is 7. The molecule has 0 aliphatic rings. The first-order valence-corrected chi connectivity index (χ1v) is 13.7. The molecule has 220 valence electrons. The van der Waals surface area contributed by atoms with Gasteiger partial charge in [-0.1, -0.05) is 45.4 Å². The lowest BCUT2D eigenvalue weighted by atomic mass is 10.1. The third kappa shape index (κ3) is 23.7. The van der Waals surface area contributed by atoms with E-state index >= 15 is 0 Å². The van der Waals surface area contributed by atoms with Crippen molar-refractivity contribution in [2.75, 3.05) is 39.5 Å². The van der Waals surface area contributed by atoms with Crippen molar-refractivity contribution in [1.82, 2.24) is 16.0 Å². The molecule has 0 aromatic carbocycles. The van der Waals surface area contributed by atoms with Crippen molar-refractivity contribution in [3.63, 3.8) is 0 Å². The molecule has 1 atom stereocenters. The Bertz CT molecular complexity index is 689. The molecule has 0 bridgehead atoms. The van der Waals surface area contributed by atoms with Gasteiger partial charge < -0.3 is 35.6 Å². The Morgan fingerprint density at radius 3 is 1.84 bits per heavy atom. The minimum atomic E-state index is -1.18. The molecule has 0 heterocycles. The number of amides is 3. The van der Waals surface area contributed by atoms with Crippen LogP contribution in [0.1, 0.15) is 90.4 Å². The zero-order chi connectivity index (χ0) is 28.4. The zero-order valence-corrected chi connectivity index (χ0v) is 22.8. The van der Waals surface area contributed by atoms with Crippen molar-refractivity contribution >= 4 is 29.7 Å². The van der Waals surface area contributed by atoms with Crippen molar-refractivity contribution < 1.29 is 43.7 Å². The molecular formula is C26H47N3O9. The molecule has 0 aliphatic heterocycles. The first kappa shape index (κ1) is 35.3. The fraction of sp³-hybridized carbons (Fsp3) is 0.808. The summed E-state index contributed by atoms with van der Waals surface area (Å²) in [5, 5.41) is 25.8. The van der Waals surface area contributed by atoms with Crippen molar-refractivity contribution in [2.24, 2.45) is 0 Å². The highest BCUT2D eigenvalue weighted by molar-refractivity contribution is 5.84. The van der Waals surface area contributed by atoms with Gasteiger partial charge in [-0.25, -0.2) is 4.79 Å². The van der Waals surface area contributed by atoms with E-state index < -0.39 is 18.0 Å². The Kier molecular flexibility index (Phi) is 22.8. The molecule has 0 aromatic rings. The summed E-state index contributed by atoms with van der Waals surface area (Å²) in [5.74, 6) is -2.79. The number of aliphatic carboxylic acids is 2. The Morgan fingerprint density at radius 1 is 0.658 bits per heavy atom. The molecule has 0 aliphatic carbocycles. The standard InChI is InChI=1S/C26H47N3O9/c1-2-15-27-24(32)20-38-19-18-37-17-16-28-22(30)14-13-21(26(35)36)29-23(31)11-9-7-5-3-4-6-8-10-12-25(33)34/h21H,2-20H2,1H3,(H,27,32)(H,28,30)(H,29,31)(H,33,34)(H,35,36)/t21-/m0/s1. The molecule has 0 radical (unpaired) electrons. The maximum Gasteiger partial charge on any atom is 0.326 e. The van der Waals surface area contributed by atoms with Crippen molar-refractivity contribution in [3.8, 4) is 0 Å². The van der Waals surface area contributed by atoms with E-state index in [2.05, 4.69) is 16.0 Å². The van der Waals surface area contributed by atoms with E-state index in [1.165, 1.54) is 0 Å². The number of ether oxygens (including phenoxy) is 2. The number of hydrogen-bond acceptors (Lipinski definition) is 7. The first-order valence-electron chi connectivity index (χ1n) is 13.7. The van der Waals surface area contributed by atoms with Gasteiger partial charge in [0.15, 0.2) is 0 Å². The highest BCUT2D eigenvalue weighted by Crippen LogP contribution is 2.11. The quantitative estimate of drug-likeness (QED) is 0.102. The number of carboxylic acid groups (broad SMARTS) is 2. The van der Waals surface area contributed by atoms with Gasteiger partial charge in [0.05, 0.1) is 19.8 Å². The molecule has 12 heteroatoms. The molecule has 0 rings (SSSR count). The number of carboxylic acids is 2. The topological polar surface area (TPSA) is 180 Å². The fourth-order valence-electron chi connectivity index (χ4n) is 3.47. The second-order valence-electron chi connectivity index (χ2n) is 9.08. The largest absolute Gasteiger partial charge is 0.481 e. The Balaban J connectivity index is 3.78. The predicted octanol–water partition coefficient (Wildman–Crippen LogP) is 2.00. The molecule has 5 N–H and O–H groups in total. The number of carbonyl (C=O) groups is 5. The molecule has 0 saturated carbocycles. The van der Waals surface area contributed by atoms with Crippen LogP contribution in [-0.4, -0.2) is 85.4 Å². The van der Waals surface area contributed by atoms with Crippen LogP contribution in [0.15, 0.2) is 0 Å². The second-order valence-corrected chi connectivity index (χ2v) is 9.08. The Hall–Kier alpha value is -2.73. The van der Waals surface area contributed by atoms with E-state index in [9.17, 15) is 29.1 Å². The van der Waals surface area contributed by atoms with Gasteiger partial charge >= 0.3 is 11.9 Å². The van der Waals surface area contributed by atoms with Crippen LogP contribution in [0.2, 0.25) is 0 Å². The molecule has 0 saturated heterocycles. The summed E-state index contributed by atoms with van der Waals surface area (Å²) >= 11 is 0. The average Bonchev–Trinajstić information content (AvgIpc) is 2.87. The highest BCUT2D eigenvalue weighted by Gasteiger charge is 2.20. The third-order valence-electron chi connectivity index (χ3n) is 5.58. The van der Waals surface area contributed by atoms with E-state index in [0.717, 1.165) is 44.9 Å². The number of hydrogen-bond donors (Lipinski definition) is 5. The fourth-order valence-corrected chi connectivity index (χ4v) is 3.47. The van der Waals surface area contributed by atoms with Gasteiger partial charge in [-0.05, 0) is 25.7 Å². The minimum Gasteiger partial charge on any atom is -0.481 e. The predicted molar refractivity (Wildman–Crippen MR) is 141 cm³/mol. The van der Waals surface area contributed by atoms with Crippen LogP contribution in [0.5, 0.6) is 0 Å². The lowest BCUT2D eigenvalue weighted by molar-refractivity contribution is -0.142. The van der Waals surface area contributed by atoms with Gasteiger partial charge in [0.2, 0.25) is 17.7 Å². The number of carbonyl (C=O) groups excluding carboxylic acids is 3. The van der Waals surface area contributed by atoms with E-state index in [4.69, 9.17) is 14.6 Å². The Morgan fingerprint density at radius 2 is 1.24 bits per heavy atom. The van der Waals surface area contributed by atoms with Crippen LogP contribution in [-0.2, 0) is 33.4 Å². The smallest absolute Gasteiger partial charge is 0.326 e. The first-order chi connectivity index (χ1) is 18.3. The van der Waals surface area contributed by atoms with Crippen LogP contribution in [0.25, 0.3) is 0 Å². The molecule has 0 spiro atoms. The van der Waals surface area contributed by atoms with Crippen LogP contribution in [0.4, 0.5) is 0 Å². The van der Waals surface area contributed by atoms with E-state index in [1.54, 1.807) is 0 Å². The molecule has 0 unspecified atom stereocenters. The van der Waals surface area contributed by atoms with E-state index in [-0.39, 0.29) is 76.4 Å². The molecular weight excluding hydrogens is 498 g/mol. The van der Waals surface area contributed by atoms with Gasteiger partial charge in [0, 0.05) is 32.4 Å². The van der Waals surface area contributed by atoms with E-state index in [1.807, 2.05) is 6.92 Å². The molecule has 0 aromatic heterocycles. The monoisotopic (exact) mass is 545 g/mol. The maximum atomic E-state index is 12.1. The summed E-state index contributed by atoms with van der Waals surface area (Å²) < 4.78 is 10.5. The van der Waals surface area contributed by atoms with Crippen LogP contribution < -0.4 is 16.0 Å². The zero-order valence-electron chi connectivity index (χ0n) is 22.8. The summed E-state index contributed by atoms with van der Waals surface area (Å²) in [5.41, 5.74) is 0. The summed E-state index contributed by atoms with van der Waals surface area (Å²) in [7, 11) is 0. The summed E-state index contributed by atoms with van der Waals surface area (Å²) in [6.07, 6.45) is 8.43. The molecule has 3 amide bonds. The number of rotatable bonds is 26. The summed E-state index contributed by atoms with van der Waals surface area (Å²) in [4.78, 5) is 57.3. The van der Waals surface area contributed by atoms with E-state index in [0.29, 0.717) is 19.4 Å². The van der Waals surface area contributed by atoms with Gasteiger partial charge in [0.1, 0.15) is 12.6 Å². The highest BCUT2D eigenvalue weighted by atomic mass is 16.5. The van der Waals surface area contributed by atoms with Gasteiger partial charge in [-0.2, -0.15) is 0 Å². The molecule has 12 nitrogen and oxygen atoms in total. The summed E-state index contributed by atoms with van der Waals surface area (Å²) in [6.45, 7) is 3.58. The normalized spacial score (nSPS) is 11.5. The van der Waals surface area contributed by atoms with Crippen LogP contribution in [0, 0.1) is 0 Å². The van der Waals surface area contributed by atoms with Crippen molar-refractivity contribution in [1.29, 1.82) is 0 Å². The van der Waals surface area contributed by atoms with Gasteiger partial charge in [-0.15, -0.1) is 0 Å². The van der Waals surface area contributed by atoms with Crippen molar-refractivity contribution in [2.45, 2.75) is 96.4 Å². The van der Waals surface area contributed by atoms with Crippen molar-refractivity contribution in [3.05, 3.63) is 0 Å². The van der Waals surface area contributed by atoms with Crippen LogP contribution >= 0.6 is 0 Å². The molecule has 0 fully saturated rings. The Labute approximate surface area is 225 Å². The SMILES string of the molecule is CCCNC(=O)COCCOCCNC(=O)CC[C@H](NC(=O)CCCCCCCCCCC(=O)O)C(=O)O. The third-order valence-corrected chi connectivity index (χ3v) is 5.58. The summed E-state index contributed by atoms with van der Waals surface area (Å²) in [6, 6.07) is -1.12. The number of nitrogens with one attached hydrogen (secondary N) is 3. The maximum absolute atomic E-state index is 12.1. The lowest BCUT2D eigenvalue weighted by Gasteiger charge is -2.14. The lowest BCUT2D eigenvalue weighted by Crippen LogP contribution is -2.41. The van der Waals surface area contributed by atoms with Gasteiger partial charge in [0.25, 0.3) is 0 Å². The second kappa shape index (κ2) is 24.6.